The lowest BCUT2D eigenvalue weighted by Gasteiger charge is -2.34. The van der Waals surface area contributed by atoms with Gasteiger partial charge in [0.25, 0.3) is 0 Å². The van der Waals surface area contributed by atoms with Crippen LogP contribution in [0, 0.1) is 11.8 Å². The molecule has 2 fully saturated rings. The van der Waals surface area contributed by atoms with Crippen molar-refractivity contribution < 1.29 is 0 Å². The molecule has 58 heavy (non-hydrogen) atoms. The van der Waals surface area contributed by atoms with Gasteiger partial charge in [-0.25, -0.2) is 0 Å². The number of aromatic nitrogens is 1. The molecular weight excluding hydrogens is 701 g/mol. The summed E-state index contributed by atoms with van der Waals surface area (Å²) in [4.78, 5) is 2.47. The first kappa shape index (κ1) is 33.5. The Hall–Kier alpha value is -6.64. The minimum Gasteiger partial charge on any atom is -0.310 e. The van der Waals surface area contributed by atoms with Gasteiger partial charge in [0.15, 0.2) is 0 Å². The SMILES string of the molecule is c1ccc(C2(c3ccccc3)c3ccccc3-c3cc(N(c4ccc(C5CC6CCC5C6)cc4)c4ccc(-n5c6ccccc6c6ccccc65)cc4)ccc32)cc1. The molecule has 3 unspecified atom stereocenters. The Bertz CT molecular complexity index is 2870. The fraction of sp³-hybridized carbons (Fsp3) is 0.143. The first-order valence-corrected chi connectivity index (χ1v) is 21.1. The van der Waals surface area contributed by atoms with E-state index in [9.17, 15) is 0 Å². The molecule has 0 N–H and O–H groups in total. The van der Waals surface area contributed by atoms with Crippen LogP contribution in [0.3, 0.4) is 0 Å². The Labute approximate surface area is 340 Å². The summed E-state index contributed by atoms with van der Waals surface area (Å²) >= 11 is 0. The summed E-state index contributed by atoms with van der Waals surface area (Å²) in [6, 6.07) is 74.8. The number of fused-ring (bicyclic) bond motifs is 8. The smallest absolute Gasteiger partial charge is 0.0713 e. The average molecular weight is 745 g/mol. The van der Waals surface area contributed by atoms with Crippen LogP contribution in [0.4, 0.5) is 17.1 Å². The molecule has 2 nitrogen and oxygen atoms in total. The molecular formula is C56H44N2. The van der Waals surface area contributed by atoms with Crippen molar-refractivity contribution in [1.82, 2.24) is 4.57 Å². The van der Waals surface area contributed by atoms with Crippen LogP contribution >= 0.6 is 0 Å². The summed E-state index contributed by atoms with van der Waals surface area (Å²) in [5.41, 5.74) is 16.0. The summed E-state index contributed by atoms with van der Waals surface area (Å²) in [6.45, 7) is 0. The molecule has 0 radical (unpaired) electrons. The van der Waals surface area contributed by atoms with Crippen molar-refractivity contribution in [3.8, 4) is 16.8 Å². The number of benzene rings is 8. The third-order valence-electron chi connectivity index (χ3n) is 14.0. The van der Waals surface area contributed by atoms with E-state index < -0.39 is 5.41 Å². The highest BCUT2D eigenvalue weighted by atomic mass is 15.1. The van der Waals surface area contributed by atoms with E-state index in [0.29, 0.717) is 5.92 Å². The largest absolute Gasteiger partial charge is 0.310 e. The zero-order valence-electron chi connectivity index (χ0n) is 32.5. The molecule has 0 amide bonds. The summed E-state index contributed by atoms with van der Waals surface area (Å²) in [6.07, 6.45) is 5.59. The van der Waals surface area contributed by atoms with Crippen molar-refractivity contribution in [1.29, 1.82) is 0 Å². The van der Waals surface area contributed by atoms with Gasteiger partial charge in [0.1, 0.15) is 0 Å². The molecule has 3 atom stereocenters. The summed E-state index contributed by atoms with van der Waals surface area (Å²) < 4.78 is 2.40. The van der Waals surface area contributed by atoms with E-state index in [1.54, 1.807) is 0 Å². The van der Waals surface area contributed by atoms with Gasteiger partial charge >= 0.3 is 0 Å². The van der Waals surface area contributed by atoms with E-state index in [2.05, 4.69) is 210 Å². The molecule has 9 aromatic rings. The van der Waals surface area contributed by atoms with Crippen molar-refractivity contribution in [3.05, 3.63) is 228 Å². The van der Waals surface area contributed by atoms with Gasteiger partial charge in [-0.05, 0) is 137 Å². The van der Waals surface area contributed by atoms with Crippen LogP contribution in [-0.4, -0.2) is 4.57 Å². The second kappa shape index (κ2) is 13.2. The maximum atomic E-state index is 2.47. The van der Waals surface area contributed by atoms with E-state index >= 15 is 0 Å². The number of rotatable bonds is 7. The minimum absolute atomic E-state index is 0.427. The summed E-state index contributed by atoms with van der Waals surface area (Å²) in [5.74, 6) is 2.48. The van der Waals surface area contributed by atoms with Crippen molar-refractivity contribution in [2.24, 2.45) is 11.8 Å². The maximum Gasteiger partial charge on any atom is 0.0713 e. The van der Waals surface area contributed by atoms with E-state index in [1.165, 1.54) is 92.1 Å². The number of anilines is 3. The molecule has 0 aliphatic heterocycles. The summed E-state index contributed by atoms with van der Waals surface area (Å²) in [5, 5.41) is 2.56. The second-order valence-corrected chi connectivity index (χ2v) is 16.9. The van der Waals surface area contributed by atoms with Crippen molar-refractivity contribution in [2.75, 3.05) is 4.90 Å². The molecule has 1 aromatic heterocycles. The predicted molar refractivity (Wildman–Crippen MR) is 241 cm³/mol. The fourth-order valence-electron chi connectivity index (χ4n) is 11.5. The van der Waals surface area contributed by atoms with Gasteiger partial charge in [0.2, 0.25) is 0 Å². The molecule has 3 aliphatic carbocycles. The highest BCUT2D eigenvalue weighted by molar-refractivity contribution is 6.09. The maximum absolute atomic E-state index is 2.47. The van der Waals surface area contributed by atoms with Crippen LogP contribution in [-0.2, 0) is 5.41 Å². The Balaban J connectivity index is 1.03. The van der Waals surface area contributed by atoms with Gasteiger partial charge in [-0.3, -0.25) is 0 Å². The van der Waals surface area contributed by atoms with Gasteiger partial charge in [-0.2, -0.15) is 0 Å². The Kier molecular flexibility index (Phi) is 7.63. The van der Waals surface area contributed by atoms with Gasteiger partial charge in [0, 0.05) is 33.5 Å². The average Bonchev–Trinajstić information content (AvgIpc) is 4.08. The van der Waals surface area contributed by atoms with Gasteiger partial charge in [0.05, 0.1) is 16.4 Å². The highest BCUT2D eigenvalue weighted by Gasteiger charge is 2.46. The quantitative estimate of drug-likeness (QED) is 0.158. The van der Waals surface area contributed by atoms with Crippen LogP contribution in [0.1, 0.15) is 59.4 Å². The second-order valence-electron chi connectivity index (χ2n) is 16.9. The third kappa shape index (κ3) is 4.97. The van der Waals surface area contributed by atoms with E-state index in [4.69, 9.17) is 0 Å². The zero-order chi connectivity index (χ0) is 38.2. The fourth-order valence-corrected chi connectivity index (χ4v) is 11.5. The van der Waals surface area contributed by atoms with Crippen LogP contribution in [0.25, 0.3) is 38.6 Å². The highest BCUT2D eigenvalue weighted by Crippen LogP contribution is 2.57. The monoisotopic (exact) mass is 744 g/mol. The van der Waals surface area contributed by atoms with Crippen molar-refractivity contribution in [2.45, 2.75) is 37.0 Å². The third-order valence-corrected chi connectivity index (χ3v) is 14.0. The molecule has 0 saturated heterocycles. The molecule has 3 aliphatic rings. The van der Waals surface area contributed by atoms with Crippen molar-refractivity contribution >= 4 is 38.9 Å². The van der Waals surface area contributed by atoms with E-state index in [1.807, 2.05) is 0 Å². The summed E-state index contributed by atoms with van der Waals surface area (Å²) in [7, 11) is 0. The van der Waals surface area contributed by atoms with E-state index in [-0.39, 0.29) is 0 Å². The topological polar surface area (TPSA) is 8.17 Å². The lowest BCUT2D eigenvalue weighted by Crippen LogP contribution is -2.28. The number of hydrogen-bond acceptors (Lipinski definition) is 1. The molecule has 2 saturated carbocycles. The zero-order valence-corrected chi connectivity index (χ0v) is 32.5. The molecule has 278 valence electrons. The van der Waals surface area contributed by atoms with Gasteiger partial charge in [-0.1, -0.05) is 146 Å². The number of hydrogen-bond donors (Lipinski definition) is 0. The van der Waals surface area contributed by atoms with Crippen LogP contribution in [0.2, 0.25) is 0 Å². The number of para-hydroxylation sites is 2. The van der Waals surface area contributed by atoms with E-state index in [0.717, 1.165) is 28.9 Å². The predicted octanol–water partition coefficient (Wildman–Crippen LogP) is 14.5. The van der Waals surface area contributed by atoms with Crippen LogP contribution in [0.5, 0.6) is 0 Å². The van der Waals surface area contributed by atoms with Crippen molar-refractivity contribution in [3.63, 3.8) is 0 Å². The number of nitrogens with zero attached hydrogens (tertiary/aromatic N) is 2. The molecule has 0 spiro atoms. The van der Waals surface area contributed by atoms with Crippen LogP contribution < -0.4 is 4.90 Å². The molecule has 2 heteroatoms. The Morgan fingerprint density at radius 3 is 1.62 bits per heavy atom. The van der Waals surface area contributed by atoms with Gasteiger partial charge < -0.3 is 9.47 Å². The molecule has 2 bridgehead atoms. The lowest BCUT2D eigenvalue weighted by molar-refractivity contribution is 0.420. The normalized spacial score (nSPS) is 18.7. The minimum atomic E-state index is -0.427. The molecule has 12 rings (SSSR count). The standard InChI is InChI=1S/C56H44N2/c1-3-13-41(14-4-1)56(42-15-5-2-6-16-42)52-20-10-7-17-47(52)51-37-46(33-34-53(51)56)57(43-27-25-39(26-28-43)50-36-38-23-24-40(50)35-38)44-29-31-45(32-30-44)58-54-21-11-8-18-48(54)49-19-9-12-22-55(49)58/h1-22,25-34,37-38,40,50H,23-24,35-36H2. The molecule has 8 aromatic carbocycles. The first-order valence-electron chi connectivity index (χ1n) is 21.1. The lowest BCUT2D eigenvalue weighted by atomic mass is 9.68. The van der Waals surface area contributed by atoms with Crippen LogP contribution in [0.15, 0.2) is 200 Å². The Morgan fingerprint density at radius 2 is 1.00 bits per heavy atom. The van der Waals surface area contributed by atoms with Gasteiger partial charge in [-0.15, -0.1) is 0 Å². The Morgan fingerprint density at radius 1 is 0.448 bits per heavy atom. The molecule has 1 heterocycles. The first-order chi connectivity index (χ1) is 28.8.